The van der Waals surface area contributed by atoms with E-state index < -0.39 is 0 Å². The van der Waals surface area contributed by atoms with E-state index >= 15 is 0 Å². The quantitative estimate of drug-likeness (QED) is 0.498. The van der Waals surface area contributed by atoms with Gasteiger partial charge in [-0.15, -0.1) is 0 Å². The summed E-state index contributed by atoms with van der Waals surface area (Å²) in [5.41, 5.74) is 0. The molecule has 0 aromatic rings. The molecule has 1 aliphatic carbocycles. The van der Waals surface area contributed by atoms with Crippen LogP contribution in [0.5, 0.6) is 0 Å². The van der Waals surface area contributed by atoms with Crippen molar-refractivity contribution in [3.05, 3.63) is 24.3 Å². The van der Waals surface area contributed by atoms with Gasteiger partial charge in [0.2, 0.25) is 11.8 Å². The van der Waals surface area contributed by atoms with Crippen LogP contribution in [0.25, 0.3) is 0 Å². The highest BCUT2D eigenvalue weighted by atomic mass is 16.2. The van der Waals surface area contributed by atoms with Crippen molar-refractivity contribution in [3.63, 3.8) is 0 Å². The molecule has 2 amide bonds. The number of carbonyl (C=O) groups is 2. The number of hydrogen-bond donors (Lipinski definition) is 2. The minimum Gasteiger partial charge on any atom is -0.347 e. The van der Waals surface area contributed by atoms with Crippen LogP contribution in [0.2, 0.25) is 0 Å². The van der Waals surface area contributed by atoms with E-state index in [-0.39, 0.29) is 35.7 Å². The lowest BCUT2D eigenvalue weighted by Crippen LogP contribution is -2.60. The van der Waals surface area contributed by atoms with Crippen LogP contribution in [0.1, 0.15) is 0 Å². The molecule has 0 unspecified atom stereocenters. The third-order valence-electron chi connectivity index (χ3n) is 3.05. The normalized spacial score (nSPS) is 43.1. The molecule has 0 saturated carbocycles. The van der Waals surface area contributed by atoms with Crippen molar-refractivity contribution in [2.75, 3.05) is 0 Å². The lowest BCUT2D eigenvalue weighted by atomic mass is 9.80. The van der Waals surface area contributed by atoms with Gasteiger partial charge in [0.05, 0.1) is 23.9 Å². The molecule has 4 heteroatoms. The molecule has 72 valence electrons. The molecule has 0 aromatic carbocycles. The first kappa shape index (κ1) is 7.79. The Morgan fingerprint density at radius 1 is 0.786 bits per heavy atom. The van der Waals surface area contributed by atoms with E-state index in [2.05, 4.69) is 10.6 Å². The third-order valence-corrected chi connectivity index (χ3v) is 3.05. The van der Waals surface area contributed by atoms with Gasteiger partial charge < -0.3 is 10.6 Å². The number of hydrogen-bond acceptors (Lipinski definition) is 2. The molecule has 5 aliphatic heterocycles. The molecule has 6 rings (SSSR count). The minimum atomic E-state index is -0.330. The Bertz CT molecular complexity index is 336. The van der Waals surface area contributed by atoms with Gasteiger partial charge in [-0.05, 0) is 0 Å². The van der Waals surface area contributed by atoms with Crippen LogP contribution < -0.4 is 10.6 Å². The van der Waals surface area contributed by atoms with Crippen molar-refractivity contribution in [2.45, 2.75) is 12.1 Å². The fourth-order valence-corrected chi connectivity index (χ4v) is 2.26. The van der Waals surface area contributed by atoms with Gasteiger partial charge in [0.15, 0.2) is 0 Å². The molecule has 2 N–H and O–H groups in total. The highest BCUT2D eigenvalue weighted by Crippen LogP contribution is 2.27. The van der Waals surface area contributed by atoms with E-state index in [1.54, 1.807) is 0 Å². The molecule has 1 saturated heterocycles. The van der Waals surface area contributed by atoms with Gasteiger partial charge in [0.1, 0.15) is 0 Å². The molecule has 1 fully saturated rings. The average molecular weight is 190 g/mol. The Morgan fingerprint density at radius 3 is 1.57 bits per heavy atom. The fraction of sp³-hybridized carbons (Fsp3) is 0.400. The van der Waals surface area contributed by atoms with Gasteiger partial charge in [-0.2, -0.15) is 0 Å². The summed E-state index contributed by atoms with van der Waals surface area (Å²) >= 11 is 0. The molecular weight excluding hydrogens is 180 g/mol. The number of amides is 2. The maximum atomic E-state index is 11.6. The first-order valence-corrected chi connectivity index (χ1v) is 4.73. The molecular formula is C10H10N2O2. The zero-order valence-electron chi connectivity index (χ0n) is 7.44. The standard InChI is InChI=1S/C10H10N2O2/c13-9-5-1-3-7(11-9)8-4-2-6(5)10(14)12-8/h1-8H,(H,11,13)(H,12,14)/t5-,6+,7+,8-. The van der Waals surface area contributed by atoms with Crippen LogP contribution in [-0.2, 0) is 9.59 Å². The highest BCUT2D eigenvalue weighted by Gasteiger charge is 2.41. The molecule has 4 nitrogen and oxygen atoms in total. The van der Waals surface area contributed by atoms with Crippen LogP contribution in [-0.4, -0.2) is 23.9 Å². The summed E-state index contributed by atoms with van der Waals surface area (Å²) in [6.07, 6.45) is 7.63. The van der Waals surface area contributed by atoms with E-state index in [4.69, 9.17) is 0 Å². The number of carbonyl (C=O) groups excluding carboxylic acids is 2. The summed E-state index contributed by atoms with van der Waals surface area (Å²) in [6, 6.07) is -0.166. The summed E-state index contributed by atoms with van der Waals surface area (Å²) in [5, 5.41) is 5.76. The molecule has 0 radical (unpaired) electrons. The molecule has 0 aromatic heterocycles. The summed E-state index contributed by atoms with van der Waals surface area (Å²) in [7, 11) is 0. The van der Waals surface area contributed by atoms with Gasteiger partial charge in [0.25, 0.3) is 0 Å². The molecule has 4 bridgehead atoms. The zero-order valence-corrected chi connectivity index (χ0v) is 7.44. The van der Waals surface area contributed by atoms with E-state index in [9.17, 15) is 9.59 Å². The van der Waals surface area contributed by atoms with Crippen molar-refractivity contribution >= 4 is 11.8 Å². The van der Waals surface area contributed by atoms with Crippen LogP contribution >= 0.6 is 0 Å². The van der Waals surface area contributed by atoms with E-state index in [1.165, 1.54) is 0 Å². The van der Waals surface area contributed by atoms with Crippen molar-refractivity contribution in [1.29, 1.82) is 0 Å². The van der Waals surface area contributed by atoms with Crippen molar-refractivity contribution in [1.82, 2.24) is 10.6 Å². The molecule has 14 heavy (non-hydrogen) atoms. The van der Waals surface area contributed by atoms with E-state index in [1.807, 2.05) is 24.3 Å². The Hall–Kier alpha value is -1.58. The van der Waals surface area contributed by atoms with Crippen molar-refractivity contribution in [3.8, 4) is 0 Å². The maximum Gasteiger partial charge on any atom is 0.228 e. The van der Waals surface area contributed by atoms with Crippen molar-refractivity contribution < 1.29 is 9.59 Å². The molecule has 6 aliphatic rings. The molecule has 5 heterocycles. The summed E-state index contributed by atoms with van der Waals surface area (Å²) in [4.78, 5) is 23.2. The molecule has 4 atom stereocenters. The second-order valence-electron chi connectivity index (χ2n) is 3.89. The van der Waals surface area contributed by atoms with Crippen molar-refractivity contribution in [2.24, 2.45) is 11.8 Å². The Morgan fingerprint density at radius 2 is 1.21 bits per heavy atom. The lowest BCUT2D eigenvalue weighted by Gasteiger charge is -2.38. The topological polar surface area (TPSA) is 58.2 Å². The van der Waals surface area contributed by atoms with Crippen LogP contribution in [0.3, 0.4) is 0 Å². The highest BCUT2D eigenvalue weighted by molar-refractivity contribution is 5.93. The SMILES string of the molecule is O=C1N[C@@H]2C=C[C@H]1[C@H]1C=C[C@@H]2NC1=O. The second kappa shape index (κ2) is 2.47. The van der Waals surface area contributed by atoms with Gasteiger partial charge >= 0.3 is 0 Å². The Kier molecular flexibility index (Phi) is 1.37. The zero-order chi connectivity index (χ0) is 9.71. The smallest absolute Gasteiger partial charge is 0.228 e. The monoisotopic (exact) mass is 190 g/mol. The minimum absolute atomic E-state index is 0.0355. The van der Waals surface area contributed by atoms with E-state index in [0.29, 0.717) is 0 Å². The maximum absolute atomic E-state index is 11.6. The summed E-state index contributed by atoms with van der Waals surface area (Å²) in [5.74, 6) is -0.731. The fourth-order valence-electron chi connectivity index (χ4n) is 2.26. The van der Waals surface area contributed by atoms with Crippen LogP contribution in [0.4, 0.5) is 0 Å². The molecule has 0 spiro atoms. The van der Waals surface area contributed by atoms with Gasteiger partial charge in [-0.3, -0.25) is 9.59 Å². The summed E-state index contributed by atoms with van der Waals surface area (Å²) < 4.78 is 0. The third kappa shape index (κ3) is 0.880. The van der Waals surface area contributed by atoms with Gasteiger partial charge in [-0.1, -0.05) is 24.3 Å². The number of rotatable bonds is 0. The first-order chi connectivity index (χ1) is 6.75. The van der Waals surface area contributed by atoms with Gasteiger partial charge in [0, 0.05) is 0 Å². The second-order valence-corrected chi connectivity index (χ2v) is 3.89. The predicted octanol–water partition coefficient (Wildman–Crippen LogP) is -0.658. The van der Waals surface area contributed by atoms with Gasteiger partial charge in [-0.25, -0.2) is 0 Å². The van der Waals surface area contributed by atoms with Crippen LogP contribution in [0, 0.1) is 11.8 Å². The van der Waals surface area contributed by atoms with Crippen LogP contribution in [0.15, 0.2) is 24.3 Å². The lowest BCUT2D eigenvalue weighted by molar-refractivity contribution is -0.135. The predicted molar refractivity (Wildman–Crippen MR) is 49.1 cm³/mol. The first-order valence-electron chi connectivity index (χ1n) is 4.73. The Balaban J connectivity index is 2.13. The average Bonchev–Trinajstić information content (AvgIpc) is 2.14. The largest absolute Gasteiger partial charge is 0.347 e. The van der Waals surface area contributed by atoms with E-state index in [0.717, 1.165) is 0 Å². The Labute approximate surface area is 81.0 Å². The number of nitrogens with one attached hydrogen (secondary N) is 2. The summed E-state index contributed by atoms with van der Waals surface area (Å²) in [6.45, 7) is 0.